The van der Waals surface area contributed by atoms with Crippen LogP contribution in [0.3, 0.4) is 0 Å². The first kappa shape index (κ1) is 17.8. The van der Waals surface area contributed by atoms with Crippen molar-refractivity contribution in [1.29, 1.82) is 0 Å². The lowest BCUT2D eigenvalue weighted by Gasteiger charge is -2.33. The molecule has 1 aliphatic heterocycles. The first-order valence-electron chi connectivity index (χ1n) is 9.48. The largest absolute Gasteiger partial charge is 0.356 e. The summed E-state index contributed by atoms with van der Waals surface area (Å²) in [6.45, 7) is 4.45. The molecule has 2 N–H and O–H groups in total. The Bertz CT molecular complexity index is 617. The lowest BCUT2D eigenvalue weighted by Crippen LogP contribution is -2.48. The molecule has 3 rings (SSSR count). The lowest BCUT2D eigenvalue weighted by atomic mass is 9.83. The maximum absolute atomic E-state index is 12.6. The summed E-state index contributed by atoms with van der Waals surface area (Å²) in [5.74, 6) is 0.783. The molecule has 2 unspecified atom stereocenters. The third-order valence-electron chi connectivity index (χ3n) is 5.44. The van der Waals surface area contributed by atoms with Crippen LogP contribution in [0.5, 0.6) is 0 Å². The van der Waals surface area contributed by atoms with Gasteiger partial charge in [-0.1, -0.05) is 24.3 Å². The fourth-order valence-electron chi connectivity index (χ4n) is 4.09. The quantitative estimate of drug-likeness (QED) is 0.883. The minimum Gasteiger partial charge on any atom is -0.356 e. The van der Waals surface area contributed by atoms with E-state index in [2.05, 4.69) is 34.9 Å². The van der Waals surface area contributed by atoms with Crippen molar-refractivity contribution in [2.24, 2.45) is 5.92 Å². The minimum atomic E-state index is -0.00228. The van der Waals surface area contributed by atoms with E-state index in [1.807, 2.05) is 4.90 Å². The summed E-state index contributed by atoms with van der Waals surface area (Å²) in [6, 6.07) is 8.64. The number of rotatable bonds is 4. The van der Waals surface area contributed by atoms with Crippen molar-refractivity contribution >= 4 is 11.9 Å². The Hall–Kier alpha value is -2.04. The van der Waals surface area contributed by atoms with Crippen LogP contribution in [0.15, 0.2) is 24.3 Å². The Morgan fingerprint density at radius 3 is 2.80 bits per heavy atom. The third kappa shape index (κ3) is 4.74. The number of piperidine rings is 1. The normalized spacial score (nSPS) is 22.8. The van der Waals surface area contributed by atoms with E-state index in [0.29, 0.717) is 24.9 Å². The van der Waals surface area contributed by atoms with E-state index < -0.39 is 0 Å². The zero-order valence-corrected chi connectivity index (χ0v) is 15.1. The first-order chi connectivity index (χ1) is 12.1. The zero-order valence-electron chi connectivity index (χ0n) is 15.1. The van der Waals surface area contributed by atoms with E-state index in [1.165, 1.54) is 24.5 Å². The van der Waals surface area contributed by atoms with Crippen molar-refractivity contribution in [2.45, 2.75) is 44.9 Å². The standard InChI is InChI=1S/C20H29N3O2/c1-15(24)21-12-16-6-5-11-23(14-16)20(25)22-13-18-9-4-8-17-7-2-3-10-19(17)18/h2-3,7,10,16,18H,4-6,8-9,11-14H2,1H3,(H,21,24)(H,22,25). The van der Waals surface area contributed by atoms with Crippen molar-refractivity contribution in [3.8, 4) is 0 Å². The molecule has 1 aromatic carbocycles. The van der Waals surface area contributed by atoms with Crippen LogP contribution >= 0.6 is 0 Å². The molecule has 1 heterocycles. The summed E-state index contributed by atoms with van der Waals surface area (Å²) in [6.07, 6.45) is 5.56. The highest BCUT2D eigenvalue weighted by Gasteiger charge is 2.25. The van der Waals surface area contributed by atoms with Crippen molar-refractivity contribution in [1.82, 2.24) is 15.5 Å². The number of benzene rings is 1. The van der Waals surface area contributed by atoms with E-state index in [9.17, 15) is 9.59 Å². The predicted octanol–water partition coefficient (Wildman–Crippen LogP) is 2.66. The lowest BCUT2D eigenvalue weighted by molar-refractivity contribution is -0.119. The second kappa shape index (κ2) is 8.37. The second-order valence-electron chi connectivity index (χ2n) is 7.37. The molecule has 1 aliphatic carbocycles. The van der Waals surface area contributed by atoms with Gasteiger partial charge in [0.05, 0.1) is 0 Å². The molecule has 1 fully saturated rings. The number of likely N-dealkylation sites (tertiary alicyclic amines) is 1. The first-order valence-corrected chi connectivity index (χ1v) is 9.48. The van der Waals surface area contributed by atoms with E-state index in [-0.39, 0.29) is 11.9 Å². The summed E-state index contributed by atoms with van der Waals surface area (Å²) >= 11 is 0. The van der Waals surface area contributed by atoms with Gasteiger partial charge in [-0.15, -0.1) is 0 Å². The summed E-state index contributed by atoms with van der Waals surface area (Å²) in [4.78, 5) is 25.5. The molecular weight excluding hydrogens is 314 g/mol. The predicted molar refractivity (Wildman–Crippen MR) is 98.5 cm³/mol. The Labute approximate surface area is 150 Å². The molecule has 25 heavy (non-hydrogen) atoms. The molecule has 0 aromatic heterocycles. The zero-order chi connectivity index (χ0) is 17.6. The van der Waals surface area contributed by atoms with Crippen LogP contribution in [0.25, 0.3) is 0 Å². The van der Waals surface area contributed by atoms with E-state index in [0.717, 1.165) is 38.8 Å². The summed E-state index contributed by atoms with van der Waals surface area (Å²) < 4.78 is 0. The maximum Gasteiger partial charge on any atom is 0.317 e. The average Bonchev–Trinajstić information content (AvgIpc) is 2.64. The Balaban J connectivity index is 1.50. The molecule has 0 radical (unpaired) electrons. The Morgan fingerprint density at radius 1 is 1.12 bits per heavy atom. The average molecular weight is 343 g/mol. The van der Waals surface area contributed by atoms with Gasteiger partial charge in [0.25, 0.3) is 0 Å². The van der Waals surface area contributed by atoms with Crippen LogP contribution in [0.1, 0.15) is 49.7 Å². The van der Waals surface area contributed by atoms with Gasteiger partial charge >= 0.3 is 6.03 Å². The number of nitrogens with one attached hydrogen (secondary N) is 2. The highest BCUT2D eigenvalue weighted by molar-refractivity contribution is 5.74. The molecule has 3 amide bonds. The smallest absolute Gasteiger partial charge is 0.317 e. The molecule has 1 aromatic rings. The molecule has 0 saturated carbocycles. The van der Waals surface area contributed by atoms with Gasteiger partial charge in [0.15, 0.2) is 0 Å². The second-order valence-corrected chi connectivity index (χ2v) is 7.37. The summed E-state index contributed by atoms with van der Waals surface area (Å²) in [5, 5.41) is 6.02. The van der Waals surface area contributed by atoms with Gasteiger partial charge in [-0.05, 0) is 49.1 Å². The topological polar surface area (TPSA) is 61.4 Å². The molecule has 0 spiro atoms. The van der Waals surface area contributed by atoms with Crippen LogP contribution < -0.4 is 10.6 Å². The van der Waals surface area contributed by atoms with Gasteiger partial charge < -0.3 is 15.5 Å². The van der Waals surface area contributed by atoms with Crippen molar-refractivity contribution in [3.05, 3.63) is 35.4 Å². The number of amides is 3. The number of nitrogens with zero attached hydrogens (tertiary/aromatic N) is 1. The van der Waals surface area contributed by atoms with Crippen LogP contribution in [-0.2, 0) is 11.2 Å². The van der Waals surface area contributed by atoms with Gasteiger partial charge in [-0.3, -0.25) is 4.79 Å². The molecule has 0 bridgehead atoms. The number of carbonyl (C=O) groups excluding carboxylic acids is 2. The molecular formula is C20H29N3O2. The monoisotopic (exact) mass is 343 g/mol. The summed E-state index contributed by atoms with van der Waals surface area (Å²) in [7, 11) is 0. The molecule has 5 heteroatoms. The number of urea groups is 1. The van der Waals surface area contributed by atoms with Crippen molar-refractivity contribution in [2.75, 3.05) is 26.2 Å². The number of hydrogen-bond donors (Lipinski definition) is 2. The number of aryl methyl sites for hydroxylation is 1. The molecule has 5 nitrogen and oxygen atoms in total. The van der Waals surface area contributed by atoms with Gasteiger partial charge in [0.2, 0.25) is 5.91 Å². The number of carbonyl (C=O) groups is 2. The van der Waals surface area contributed by atoms with Gasteiger partial charge in [-0.2, -0.15) is 0 Å². The number of fused-ring (bicyclic) bond motifs is 1. The highest BCUT2D eigenvalue weighted by Crippen LogP contribution is 2.30. The van der Waals surface area contributed by atoms with E-state index >= 15 is 0 Å². The van der Waals surface area contributed by atoms with Crippen LogP contribution in [-0.4, -0.2) is 43.0 Å². The van der Waals surface area contributed by atoms with E-state index in [1.54, 1.807) is 0 Å². The van der Waals surface area contributed by atoms with Gasteiger partial charge in [0.1, 0.15) is 0 Å². The number of hydrogen-bond acceptors (Lipinski definition) is 2. The molecule has 1 saturated heterocycles. The summed E-state index contributed by atoms with van der Waals surface area (Å²) in [5.41, 5.74) is 2.83. The van der Waals surface area contributed by atoms with Gasteiger partial charge in [-0.25, -0.2) is 4.79 Å². The Morgan fingerprint density at radius 2 is 1.96 bits per heavy atom. The molecule has 2 aliphatic rings. The third-order valence-corrected chi connectivity index (χ3v) is 5.44. The van der Waals surface area contributed by atoms with Crippen molar-refractivity contribution < 1.29 is 9.59 Å². The van der Waals surface area contributed by atoms with Crippen LogP contribution in [0, 0.1) is 5.92 Å². The highest BCUT2D eigenvalue weighted by atomic mass is 16.2. The SMILES string of the molecule is CC(=O)NCC1CCCN(C(=O)NCC2CCCc3ccccc32)C1. The fourth-order valence-corrected chi connectivity index (χ4v) is 4.09. The van der Waals surface area contributed by atoms with Gasteiger partial charge in [0, 0.05) is 39.0 Å². The Kier molecular flexibility index (Phi) is 5.95. The van der Waals surface area contributed by atoms with Crippen LogP contribution in [0.4, 0.5) is 4.79 Å². The minimum absolute atomic E-state index is 0.00228. The fraction of sp³-hybridized carbons (Fsp3) is 0.600. The van der Waals surface area contributed by atoms with Crippen LogP contribution in [0.2, 0.25) is 0 Å². The molecule has 136 valence electrons. The van der Waals surface area contributed by atoms with Crippen molar-refractivity contribution in [3.63, 3.8) is 0 Å². The maximum atomic E-state index is 12.6. The molecule has 2 atom stereocenters. The van der Waals surface area contributed by atoms with E-state index in [4.69, 9.17) is 0 Å².